The highest BCUT2D eigenvalue weighted by molar-refractivity contribution is 7.86. The van der Waals surface area contributed by atoms with E-state index >= 15 is 0 Å². The average molecular weight is 179 g/mol. The Kier molecular flexibility index (Phi) is 2.51. The van der Waals surface area contributed by atoms with Gasteiger partial charge >= 0.3 is 0 Å². The molecule has 66 valence electrons. The van der Waals surface area contributed by atoms with Crippen LogP contribution in [0, 0.1) is 5.92 Å². The van der Waals surface area contributed by atoms with Gasteiger partial charge in [0.25, 0.3) is 10.1 Å². The summed E-state index contributed by atoms with van der Waals surface area (Å²) >= 11 is 0. The van der Waals surface area contributed by atoms with Crippen molar-refractivity contribution in [3.05, 3.63) is 0 Å². The van der Waals surface area contributed by atoms with Crippen molar-refractivity contribution >= 4 is 10.1 Å². The van der Waals surface area contributed by atoms with Crippen molar-refractivity contribution in [2.45, 2.75) is 25.1 Å². The summed E-state index contributed by atoms with van der Waals surface area (Å²) in [5.41, 5.74) is 0. The van der Waals surface area contributed by atoms with Gasteiger partial charge < -0.3 is 0 Å². The van der Waals surface area contributed by atoms with Gasteiger partial charge in [0.15, 0.2) is 0 Å². The van der Waals surface area contributed by atoms with E-state index in [0.29, 0.717) is 18.9 Å². The largest absolute Gasteiger partial charge is 0.299 e. The van der Waals surface area contributed by atoms with Gasteiger partial charge in [0.05, 0.1) is 0 Å². The molecule has 0 aromatic carbocycles. The molecule has 0 bridgehead atoms. The quantitative estimate of drug-likeness (QED) is 0.565. The molecule has 2 N–H and O–H groups in total. The van der Waals surface area contributed by atoms with Crippen LogP contribution in [0.2, 0.25) is 0 Å². The Morgan fingerprint density at radius 3 is 2.45 bits per heavy atom. The fraction of sp³-hybridized carbons (Fsp3) is 1.00. The van der Waals surface area contributed by atoms with Crippen LogP contribution in [0.15, 0.2) is 0 Å². The van der Waals surface area contributed by atoms with Crippen LogP contribution >= 0.6 is 0 Å². The Balaban J connectivity index is 2.53. The first-order valence-electron chi connectivity index (χ1n) is 3.70. The van der Waals surface area contributed by atoms with Gasteiger partial charge in [-0.2, -0.15) is 8.42 Å². The molecule has 0 spiro atoms. The Morgan fingerprint density at radius 1 is 1.45 bits per heavy atom. The van der Waals surface area contributed by atoms with Crippen molar-refractivity contribution in [3.63, 3.8) is 0 Å². The Morgan fingerprint density at radius 2 is 2.09 bits per heavy atom. The van der Waals surface area contributed by atoms with E-state index in [1.54, 1.807) is 0 Å². The lowest BCUT2D eigenvalue weighted by Crippen LogP contribution is -2.42. The van der Waals surface area contributed by atoms with E-state index in [0.717, 1.165) is 6.42 Å². The third kappa shape index (κ3) is 2.43. The lowest BCUT2D eigenvalue weighted by atomic mass is 10.0. The van der Waals surface area contributed by atoms with Crippen molar-refractivity contribution in [1.82, 2.24) is 5.32 Å². The second kappa shape index (κ2) is 3.08. The van der Waals surface area contributed by atoms with Crippen molar-refractivity contribution in [2.24, 2.45) is 5.92 Å². The third-order valence-electron chi connectivity index (χ3n) is 1.98. The van der Waals surface area contributed by atoms with Crippen molar-refractivity contribution in [1.29, 1.82) is 0 Å². The summed E-state index contributed by atoms with van der Waals surface area (Å²) in [7, 11) is -3.86. The average Bonchev–Trinajstić information content (AvgIpc) is 1.86. The molecule has 0 radical (unpaired) electrons. The summed E-state index contributed by atoms with van der Waals surface area (Å²) in [4.78, 5) is 0. The molecule has 0 amide bonds. The number of hydrogen-bond donors (Lipinski definition) is 2. The maximum absolute atomic E-state index is 10.6. The molecule has 1 rings (SSSR count). The van der Waals surface area contributed by atoms with Gasteiger partial charge in [0.1, 0.15) is 5.37 Å². The van der Waals surface area contributed by atoms with E-state index in [2.05, 4.69) is 5.32 Å². The first kappa shape index (κ1) is 8.96. The van der Waals surface area contributed by atoms with Crippen molar-refractivity contribution in [3.8, 4) is 0 Å². The summed E-state index contributed by atoms with van der Waals surface area (Å²) in [5, 5.41) is 2.03. The van der Waals surface area contributed by atoms with Gasteiger partial charge in [-0.15, -0.1) is 0 Å². The lowest BCUT2D eigenvalue weighted by molar-refractivity contribution is 0.354. The number of nitrogens with one attached hydrogen (secondary N) is 1. The number of piperidine rings is 1. The molecule has 11 heavy (non-hydrogen) atoms. The monoisotopic (exact) mass is 179 g/mol. The molecule has 1 fully saturated rings. The zero-order valence-corrected chi connectivity index (χ0v) is 7.26. The van der Waals surface area contributed by atoms with E-state index in [1.165, 1.54) is 0 Å². The van der Waals surface area contributed by atoms with Gasteiger partial charge in [-0.05, 0) is 25.3 Å². The van der Waals surface area contributed by atoms with E-state index in [9.17, 15) is 8.42 Å². The molecule has 1 heterocycles. The minimum atomic E-state index is -3.86. The van der Waals surface area contributed by atoms with E-state index in [-0.39, 0.29) is 0 Å². The minimum absolute atomic E-state index is 0.507. The second-order valence-electron chi connectivity index (χ2n) is 3.09. The van der Waals surface area contributed by atoms with Gasteiger partial charge in [0, 0.05) is 0 Å². The first-order chi connectivity index (χ1) is 5.00. The summed E-state index contributed by atoms with van der Waals surface area (Å²) in [6, 6.07) is 0. The predicted octanol–water partition coefficient (Wildman–Crippen LogP) is 0.220. The maximum atomic E-state index is 10.6. The van der Waals surface area contributed by atoms with Crippen LogP contribution in [0.3, 0.4) is 0 Å². The SMILES string of the molecule is CC1CCC(S(=O)(=O)O)NC1. The third-order valence-corrected chi connectivity index (χ3v) is 3.10. The van der Waals surface area contributed by atoms with Crippen LogP contribution in [0.25, 0.3) is 0 Å². The zero-order valence-electron chi connectivity index (χ0n) is 6.45. The van der Waals surface area contributed by atoms with Gasteiger partial charge in [0.2, 0.25) is 0 Å². The second-order valence-corrected chi connectivity index (χ2v) is 4.69. The van der Waals surface area contributed by atoms with Crippen LogP contribution in [-0.4, -0.2) is 24.9 Å². The topological polar surface area (TPSA) is 66.4 Å². The Hall–Kier alpha value is -0.130. The van der Waals surface area contributed by atoms with Crippen LogP contribution in [-0.2, 0) is 10.1 Å². The van der Waals surface area contributed by atoms with Gasteiger partial charge in [-0.25, -0.2) is 0 Å². The van der Waals surface area contributed by atoms with E-state index < -0.39 is 15.5 Å². The summed E-state index contributed by atoms with van der Waals surface area (Å²) in [6.45, 7) is 2.72. The van der Waals surface area contributed by atoms with Gasteiger partial charge in [-0.1, -0.05) is 6.92 Å². The fourth-order valence-corrected chi connectivity index (χ4v) is 1.97. The smallest absolute Gasteiger partial charge is 0.281 e. The van der Waals surface area contributed by atoms with Crippen LogP contribution in [0.1, 0.15) is 19.8 Å². The normalized spacial score (nSPS) is 33.6. The summed E-state index contributed by atoms with van der Waals surface area (Å²) in [6.07, 6.45) is 1.37. The summed E-state index contributed by atoms with van der Waals surface area (Å²) < 4.78 is 29.8. The highest BCUT2D eigenvalue weighted by atomic mass is 32.2. The van der Waals surface area contributed by atoms with Gasteiger partial charge in [-0.3, -0.25) is 9.87 Å². The van der Waals surface area contributed by atoms with E-state index in [4.69, 9.17) is 4.55 Å². The molecule has 1 aliphatic rings. The molecule has 5 heteroatoms. The fourth-order valence-electron chi connectivity index (χ4n) is 1.23. The zero-order chi connectivity index (χ0) is 8.48. The number of rotatable bonds is 1. The standard InChI is InChI=1S/C6H13NO3S/c1-5-2-3-6(7-4-5)11(8,9)10/h5-7H,2-4H2,1H3,(H,8,9,10). The molecule has 2 unspecified atom stereocenters. The predicted molar refractivity (Wildman–Crippen MR) is 41.7 cm³/mol. The Bertz CT molecular complexity index is 216. The molecule has 0 aromatic heterocycles. The Labute approximate surface area is 66.7 Å². The molecular formula is C6H13NO3S. The highest BCUT2D eigenvalue weighted by Crippen LogP contribution is 2.15. The number of hydrogen-bond acceptors (Lipinski definition) is 3. The lowest BCUT2D eigenvalue weighted by Gasteiger charge is -2.25. The molecule has 0 saturated carbocycles. The maximum Gasteiger partial charge on any atom is 0.281 e. The molecule has 2 atom stereocenters. The van der Waals surface area contributed by atoms with E-state index in [1.807, 2.05) is 6.92 Å². The first-order valence-corrected chi connectivity index (χ1v) is 5.20. The molecular weight excluding hydrogens is 166 g/mol. The molecule has 0 aliphatic carbocycles. The van der Waals surface area contributed by atoms with Crippen LogP contribution in [0.4, 0.5) is 0 Å². The minimum Gasteiger partial charge on any atom is -0.299 e. The molecule has 0 aromatic rings. The molecule has 1 aliphatic heterocycles. The summed E-state index contributed by atoms with van der Waals surface area (Å²) in [5.74, 6) is 0.507. The van der Waals surface area contributed by atoms with Crippen molar-refractivity contribution < 1.29 is 13.0 Å². The highest BCUT2D eigenvalue weighted by Gasteiger charge is 2.26. The van der Waals surface area contributed by atoms with Crippen molar-refractivity contribution in [2.75, 3.05) is 6.54 Å². The molecule has 4 nitrogen and oxygen atoms in total. The van der Waals surface area contributed by atoms with Crippen LogP contribution in [0.5, 0.6) is 0 Å². The molecule has 1 saturated heterocycles. The van der Waals surface area contributed by atoms with Crippen LogP contribution < -0.4 is 5.32 Å².